The lowest BCUT2D eigenvalue weighted by Crippen LogP contribution is -2.27. The van der Waals surface area contributed by atoms with Crippen LogP contribution in [0.15, 0.2) is 12.3 Å². The van der Waals surface area contributed by atoms with E-state index in [1.807, 2.05) is 20.8 Å². The van der Waals surface area contributed by atoms with Crippen LogP contribution in [0.2, 0.25) is 0 Å². The summed E-state index contributed by atoms with van der Waals surface area (Å²) in [7, 11) is 0. The lowest BCUT2D eigenvalue weighted by Gasteiger charge is -2.18. The van der Waals surface area contributed by atoms with Crippen LogP contribution in [0.5, 0.6) is 5.88 Å². The molecule has 19 heavy (non-hydrogen) atoms. The summed E-state index contributed by atoms with van der Waals surface area (Å²) in [4.78, 5) is 11.8. The van der Waals surface area contributed by atoms with E-state index < -0.39 is 11.7 Å². The fourth-order valence-corrected chi connectivity index (χ4v) is 2.42. The summed E-state index contributed by atoms with van der Waals surface area (Å²) < 4.78 is 12.0. The third-order valence-corrected chi connectivity index (χ3v) is 3.83. The lowest BCUT2D eigenvalue weighted by molar-refractivity contribution is 0.0511. The van der Waals surface area contributed by atoms with E-state index in [9.17, 15) is 4.79 Å². The molecule has 5 heteroatoms. The molecular weight excluding hydrogens is 244 g/mol. The quantitative estimate of drug-likeness (QED) is 0.842. The van der Waals surface area contributed by atoms with Gasteiger partial charge in [-0.1, -0.05) is 0 Å². The van der Waals surface area contributed by atoms with Crippen LogP contribution in [-0.4, -0.2) is 28.1 Å². The van der Waals surface area contributed by atoms with Gasteiger partial charge in [0.1, 0.15) is 5.60 Å². The number of hydrogen-bond donors (Lipinski definition) is 0. The smallest absolute Gasteiger partial charge is 0.435 e. The second kappa shape index (κ2) is 3.99. The first kappa shape index (κ1) is 12.5. The third-order valence-electron chi connectivity index (χ3n) is 3.83. The molecule has 3 rings (SSSR count). The maximum Gasteiger partial charge on any atom is 0.435 e. The molecule has 5 nitrogen and oxygen atoms in total. The van der Waals surface area contributed by atoms with Gasteiger partial charge in [-0.3, -0.25) is 0 Å². The fraction of sp³-hybridized carbons (Fsp3) is 0.714. The first-order valence-electron chi connectivity index (χ1n) is 6.80. The van der Waals surface area contributed by atoms with Gasteiger partial charge < -0.3 is 9.47 Å². The predicted octanol–water partition coefficient (Wildman–Crippen LogP) is 2.85. The van der Waals surface area contributed by atoms with Gasteiger partial charge in [0, 0.05) is 12.3 Å². The van der Waals surface area contributed by atoms with Crippen LogP contribution in [0, 0.1) is 11.3 Å². The molecule has 0 radical (unpaired) electrons. The molecule has 1 aromatic heterocycles. The molecule has 0 aliphatic heterocycles. The Labute approximate surface area is 112 Å². The van der Waals surface area contributed by atoms with Crippen LogP contribution >= 0.6 is 0 Å². The zero-order valence-electron chi connectivity index (χ0n) is 11.7. The second-order valence-electron chi connectivity index (χ2n) is 6.65. The lowest BCUT2D eigenvalue weighted by atomic mass is 10.2. The first-order chi connectivity index (χ1) is 8.88. The molecule has 0 aromatic carbocycles. The van der Waals surface area contributed by atoms with Gasteiger partial charge in [0.2, 0.25) is 5.88 Å². The molecular formula is C14H20N2O3. The zero-order chi connectivity index (χ0) is 13.7. The van der Waals surface area contributed by atoms with Gasteiger partial charge in [0.15, 0.2) is 0 Å². The minimum Gasteiger partial charge on any atom is -0.476 e. The first-order valence-corrected chi connectivity index (χ1v) is 6.80. The molecule has 0 N–H and O–H groups in total. The van der Waals surface area contributed by atoms with Crippen molar-refractivity contribution in [1.29, 1.82) is 0 Å². The number of aromatic nitrogens is 2. The molecule has 1 unspecified atom stereocenters. The van der Waals surface area contributed by atoms with Crippen LogP contribution in [0.25, 0.3) is 0 Å². The van der Waals surface area contributed by atoms with Crippen molar-refractivity contribution in [1.82, 2.24) is 9.78 Å². The molecule has 2 fully saturated rings. The van der Waals surface area contributed by atoms with E-state index in [1.165, 1.54) is 23.9 Å². The maximum atomic E-state index is 11.8. The molecule has 2 saturated carbocycles. The molecule has 0 amide bonds. The largest absolute Gasteiger partial charge is 0.476 e. The predicted molar refractivity (Wildman–Crippen MR) is 69.1 cm³/mol. The molecule has 1 atom stereocenters. The van der Waals surface area contributed by atoms with Gasteiger partial charge in [-0.25, -0.2) is 4.79 Å². The van der Waals surface area contributed by atoms with E-state index in [0.29, 0.717) is 23.8 Å². The van der Waals surface area contributed by atoms with E-state index in [4.69, 9.17) is 9.47 Å². The molecule has 104 valence electrons. The molecule has 2 aliphatic carbocycles. The Bertz CT molecular complexity index is 497. The second-order valence-corrected chi connectivity index (χ2v) is 6.65. The fourth-order valence-electron chi connectivity index (χ4n) is 2.42. The van der Waals surface area contributed by atoms with Crippen LogP contribution in [0.4, 0.5) is 4.79 Å². The van der Waals surface area contributed by atoms with E-state index in [1.54, 1.807) is 12.3 Å². The van der Waals surface area contributed by atoms with Crippen molar-refractivity contribution >= 4 is 6.09 Å². The van der Waals surface area contributed by atoms with Crippen molar-refractivity contribution in [2.45, 2.75) is 45.6 Å². The van der Waals surface area contributed by atoms with Crippen molar-refractivity contribution in [2.75, 3.05) is 6.61 Å². The van der Waals surface area contributed by atoms with Crippen molar-refractivity contribution in [2.24, 2.45) is 11.3 Å². The van der Waals surface area contributed by atoms with Crippen molar-refractivity contribution in [3.8, 4) is 5.88 Å². The molecule has 1 heterocycles. The highest BCUT2D eigenvalue weighted by molar-refractivity contribution is 5.69. The van der Waals surface area contributed by atoms with Crippen LogP contribution in [0.1, 0.15) is 40.0 Å². The summed E-state index contributed by atoms with van der Waals surface area (Å²) in [6, 6.07) is 1.70. The monoisotopic (exact) mass is 264 g/mol. The standard InChI is InChI=1S/C14H20N2O3/c1-13(2,3)19-12(17)16-7-4-11(15-16)18-9-10-8-14(10)5-6-14/h4,7,10H,5-6,8-9H2,1-3H3. The van der Waals surface area contributed by atoms with Crippen LogP contribution in [-0.2, 0) is 4.74 Å². The highest BCUT2D eigenvalue weighted by Gasteiger charge is 2.62. The van der Waals surface area contributed by atoms with Crippen molar-refractivity contribution < 1.29 is 14.3 Å². The topological polar surface area (TPSA) is 53.4 Å². The molecule has 1 aromatic rings. The Hall–Kier alpha value is -1.52. The van der Waals surface area contributed by atoms with Gasteiger partial charge in [-0.2, -0.15) is 4.68 Å². The molecule has 0 saturated heterocycles. The van der Waals surface area contributed by atoms with Gasteiger partial charge in [0.05, 0.1) is 6.61 Å². The van der Waals surface area contributed by atoms with Crippen molar-refractivity contribution in [3.05, 3.63) is 12.3 Å². The zero-order valence-corrected chi connectivity index (χ0v) is 11.7. The third kappa shape index (κ3) is 2.74. The summed E-state index contributed by atoms with van der Waals surface area (Å²) >= 11 is 0. The number of hydrogen-bond acceptors (Lipinski definition) is 4. The van der Waals surface area contributed by atoms with E-state index in [0.717, 1.165) is 0 Å². The number of nitrogens with zero attached hydrogens (tertiary/aromatic N) is 2. The Kier molecular flexibility index (Phi) is 2.62. The Balaban J connectivity index is 1.52. The molecule has 1 spiro atoms. The Morgan fingerprint density at radius 1 is 1.53 bits per heavy atom. The Morgan fingerprint density at radius 2 is 2.26 bits per heavy atom. The van der Waals surface area contributed by atoms with Gasteiger partial charge in [-0.15, -0.1) is 5.10 Å². The van der Waals surface area contributed by atoms with E-state index >= 15 is 0 Å². The molecule has 0 bridgehead atoms. The van der Waals surface area contributed by atoms with Gasteiger partial charge in [0.25, 0.3) is 0 Å². The summed E-state index contributed by atoms with van der Waals surface area (Å²) in [5.41, 5.74) is 0.115. The summed E-state index contributed by atoms with van der Waals surface area (Å²) in [6.45, 7) is 6.20. The highest BCUT2D eigenvalue weighted by Crippen LogP contribution is 2.70. The Morgan fingerprint density at radius 3 is 2.84 bits per heavy atom. The maximum absolute atomic E-state index is 11.8. The number of carbonyl (C=O) groups is 1. The average molecular weight is 264 g/mol. The normalized spacial score (nSPS) is 23.2. The van der Waals surface area contributed by atoms with E-state index in [-0.39, 0.29) is 0 Å². The number of rotatable bonds is 3. The summed E-state index contributed by atoms with van der Waals surface area (Å²) in [5, 5.41) is 4.08. The van der Waals surface area contributed by atoms with Crippen LogP contribution < -0.4 is 4.74 Å². The number of carbonyl (C=O) groups excluding carboxylic acids is 1. The minimum atomic E-state index is -0.517. The summed E-state index contributed by atoms with van der Waals surface area (Å²) in [5.74, 6) is 1.19. The van der Waals surface area contributed by atoms with Crippen molar-refractivity contribution in [3.63, 3.8) is 0 Å². The summed E-state index contributed by atoms with van der Waals surface area (Å²) in [6.07, 6.45) is 5.09. The van der Waals surface area contributed by atoms with E-state index in [2.05, 4.69) is 5.10 Å². The number of ether oxygens (including phenoxy) is 2. The van der Waals surface area contributed by atoms with Gasteiger partial charge in [-0.05, 0) is 51.4 Å². The van der Waals surface area contributed by atoms with Crippen LogP contribution in [0.3, 0.4) is 0 Å². The minimum absolute atomic E-state index is 0.479. The SMILES string of the molecule is CC(C)(C)OC(=O)n1ccc(OCC2CC23CC3)n1. The average Bonchev–Trinajstić information content (AvgIpc) is 3.16. The van der Waals surface area contributed by atoms with Gasteiger partial charge >= 0.3 is 6.09 Å². The highest BCUT2D eigenvalue weighted by atomic mass is 16.6. The molecule has 2 aliphatic rings.